The van der Waals surface area contributed by atoms with E-state index < -0.39 is 6.17 Å². The van der Waals surface area contributed by atoms with Crippen molar-refractivity contribution in [2.75, 3.05) is 11.9 Å². The Bertz CT molecular complexity index is 99.0. The van der Waals surface area contributed by atoms with Crippen LogP contribution in [0.5, 0.6) is 0 Å². The van der Waals surface area contributed by atoms with Crippen LogP contribution in [-0.4, -0.2) is 24.0 Å². The smallest absolute Gasteiger partial charge is 0.216 e. The highest BCUT2D eigenvalue weighted by molar-refractivity contribution is 9.09. The van der Waals surface area contributed by atoms with Gasteiger partial charge in [0.15, 0.2) is 0 Å². The molecule has 0 fully saturated rings. The van der Waals surface area contributed by atoms with Crippen LogP contribution in [0.1, 0.15) is 6.92 Å². The Labute approximate surface area is 61.9 Å². The number of hydrogen-bond donors (Lipinski definition) is 1. The summed E-state index contributed by atoms with van der Waals surface area (Å²) < 4.78 is 12.2. The number of nitrogens with one attached hydrogen (secondary N) is 1. The van der Waals surface area contributed by atoms with Crippen LogP contribution in [0.3, 0.4) is 0 Å². The molecular formula is C5H9BrFNO. The van der Waals surface area contributed by atoms with E-state index in [1.807, 2.05) is 0 Å². The first-order chi connectivity index (χ1) is 4.16. The van der Waals surface area contributed by atoms with Gasteiger partial charge in [0.1, 0.15) is 6.17 Å². The molecule has 1 N–H and O–H groups in total. The fourth-order valence-corrected chi connectivity index (χ4v) is 0.538. The van der Waals surface area contributed by atoms with Crippen molar-refractivity contribution in [2.24, 2.45) is 0 Å². The lowest BCUT2D eigenvalue weighted by molar-refractivity contribution is -0.119. The van der Waals surface area contributed by atoms with Gasteiger partial charge >= 0.3 is 0 Å². The molecule has 2 nitrogen and oxygen atoms in total. The van der Waals surface area contributed by atoms with Gasteiger partial charge < -0.3 is 5.32 Å². The zero-order valence-corrected chi connectivity index (χ0v) is 6.74. The summed E-state index contributed by atoms with van der Waals surface area (Å²) in [4.78, 5) is 10.2. The molecule has 1 unspecified atom stereocenters. The Balaban J connectivity index is 3.16. The first-order valence-electron chi connectivity index (χ1n) is 2.61. The summed E-state index contributed by atoms with van der Waals surface area (Å²) >= 11 is 2.94. The zero-order chi connectivity index (χ0) is 7.28. The average molecular weight is 198 g/mol. The van der Waals surface area contributed by atoms with Crippen LogP contribution in [-0.2, 0) is 4.79 Å². The molecule has 0 aliphatic heterocycles. The Hall–Kier alpha value is -0.120. The van der Waals surface area contributed by atoms with Gasteiger partial charge in [-0.05, 0) is 0 Å². The molecule has 0 aromatic heterocycles. The van der Waals surface area contributed by atoms with Crippen LogP contribution < -0.4 is 5.32 Å². The van der Waals surface area contributed by atoms with Crippen molar-refractivity contribution in [2.45, 2.75) is 13.1 Å². The first kappa shape index (κ1) is 8.88. The van der Waals surface area contributed by atoms with Gasteiger partial charge in [-0.15, -0.1) is 0 Å². The molecule has 0 aliphatic rings. The topological polar surface area (TPSA) is 29.1 Å². The number of halogens is 2. The predicted molar refractivity (Wildman–Crippen MR) is 37.4 cm³/mol. The molecule has 0 rings (SSSR count). The van der Waals surface area contributed by atoms with Crippen LogP contribution in [0, 0.1) is 0 Å². The molecule has 0 aromatic carbocycles. The van der Waals surface area contributed by atoms with Crippen molar-refractivity contribution in [1.82, 2.24) is 5.32 Å². The van der Waals surface area contributed by atoms with Crippen LogP contribution in [0.25, 0.3) is 0 Å². The van der Waals surface area contributed by atoms with E-state index in [2.05, 4.69) is 21.2 Å². The van der Waals surface area contributed by atoms with E-state index >= 15 is 0 Å². The Morgan fingerprint density at radius 3 is 2.78 bits per heavy atom. The SMILES string of the molecule is CC(=O)NCC(F)CBr. The second-order valence-electron chi connectivity index (χ2n) is 1.69. The third-order valence-electron chi connectivity index (χ3n) is 0.740. The van der Waals surface area contributed by atoms with Crippen molar-refractivity contribution < 1.29 is 9.18 Å². The van der Waals surface area contributed by atoms with Crippen LogP contribution in [0.4, 0.5) is 4.39 Å². The van der Waals surface area contributed by atoms with E-state index in [0.29, 0.717) is 0 Å². The minimum absolute atomic E-state index is 0.0978. The van der Waals surface area contributed by atoms with E-state index in [1.54, 1.807) is 0 Å². The van der Waals surface area contributed by atoms with E-state index in [1.165, 1.54) is 6.92 Å². The summed E-state index contributed by atoms with van der Waals surface area (Å²) in [6.45, 7) is 1.46. The van der Waals surface area contributed by atoms with Gasteiger partial charge in [0, 0.05) is 18.8 Å². The van der Waals surface area contributed by atoms with E-state index in [4.69, 9.17) is 0 Å². The van der Waals surface area contributed by atoms with Crippen molar-refractivity contribution in [1.29, 1.82) is 0 Å². The molecule has 1 amide bonds. The molecule has 54 valence electrons. The van der Waals surface area contributed by atoms with Gasteiger partial charge in [-0.25, -0.2) is 4.39 Å². The summed E-state index contributed by atoms with van der Waals surface area (Å²) in [5.41, 5.74) is 0. The third kappa shape index (κ3) is 5.76. The second-order valence-corrected chi connectivity index (χ2v) is 2.34. The molecule has 9 heavy (non-hydrogen) atoms. The number of hydrogen-bond acceptors (Lipinski definition) is 1. The van der Waals surface area contributed by atoms with E-state index in [0.717, 1.165) is 0 Å². The summed E-state index contributed by atoms with van der Waals surface area (Å²) in [5, 5.41) is 2.62. The summed E-state index contributed by atoms with van der Waals surface area (Å²) in [6.07, 6.45) is -0.978. The van der Waals surface area contributed by atoms with Crippen molar-refractivity contribution >= 4 is 21.8 Å². The summed E-state index contributed by atoms with van der Waals surface area (Å²) in [7, 11) is 0. The lowest BCUT2D eigenvalue weighted by Gasteiger charge is -2.02. The molecule has 0 aliphatic carbocycles. The summed E-state index contributed by atoms with van der Waals surface area (Å²) in [5.74, 6) is -0.196. The van der Waals surface area contributed by atoms with Gasteiger partial charge in [0.05, 0.1) is 0 Å². The Morgan fingerprint density at radius 1 is 1.89 bits per heavy atom. The monoisotopic (exact) mass is 197 g/mol. The highest BCUT2D eigenvalue weighted by Crippen LogP contribution is 1.93. The number of carbonyl (C=O) groups excluding carboxylic acids is 1. The summed E-state index contributed by atoms with van der Waals surface area (Å²) in [6, 6.07) is 0. The minimum Gasteiger partial charge on any atom is -0.353 e. The maximum absolute atomic E-state index is 12.2. The van der Waals surface area contributed by atoms with Crippen molar-refractivity contribution in [3.05, 3.63) is 0 Å². The zero-order valence-electron chi connectivity index (χ0n) is 5.16. The Kier molecular flexibility index (Phi) is 4.67. The molecule has 0 heterocycles. The molecular weight excluding hydrogens is 189 g/mol. The third-order valence-corrected chi connectivity index (χ3v) is 1.44. The number of amides is 1. The maximum atomic E-state index is 12.2. The number of carbonyl (C=O) groups is 1. The van der Waals surface area contributed by atoms with E-state index in [9.17, 15) is 9.18 Å². The maximum Gasteiger partial charge on any atom is 0.216 e. The van der Waals surface area contributed by atoms with Gasteiger partial charge in [-0.1, -0.05) is 15.9 Å². The first-order valence-corrected chi connectivity index (χ1v) is 3.73. The molecule has 4 heteroatoms. The molecule has 0 saturated heterocycles. The largest absolute Gasteiger partial charge is 0.353 e. The van der Waals surface area contributed by atoms with Crippen molar-refractivity contribution in [3.63, 3.8) is 0 Å². The van der Waals surface area contributed by atoms with Crippen LogP contribution in [0.2, 0.25) is 0 Å². The highest BCUT2D eigenvalue weighted by atomic mass is 79.9. The quantitative estimate of drug-likeness (QED) is 0.669. The minimum atomic E-state index is -0.978. The average Bonchev–Trinajstić information content (AvgIpc) is 1.83. The fourth-order valence-electron chi connectivity index (χ4n) is 0.309. The number of alkyl halides is 2. The van der Waals surface area contributed by atoms with Crippen LogP contribution >= 0.6 is 15.9 Å². The molecule has 0 spiro atoms. The van der Waals surface area contributed by atoms with E-state index in [-0.39, 0.29) is 17.8 Å². The van der Waals surface area contributed by atoms with Gasteiger partial charge in [0.2, 0.25) is 5.91 Å². The Morgan fingerprint density at radius 2 is 2.44 bits per heavy atom. The fraction of sp³-hybridized carbons (Fsp3) is 0.800. The van der Waals surface area contributed by atoms with Gasteiger partial charge in [0.25, 0.3) is 0 Å². The molecule has 1 atom stereocenters. The predicted octanol–water partition coefficient (Wildman–Crippen LogP) is 0.856. The molecule has 0 saturated carbocycles. The van der Waals surface area contributed by atoms with Crippen LogP contribution in [0.15, 0.2) is 0 Å². The highest BCUT2D eigenvalue weighted by Gasteiger charge is 2.02. The van der Waals surface area contributed by atoms with Crippen molar-refractivity contribution in [3.8, 4) is 0 Å². The second kappa shape index (κ2) is 4.73. The lowest BCUT2D eigenvalue weighted by atomic mass is 10.4. The normalized spacial score (nSPS) is 12.8. The van der Waals surface area contributed by atoms with Gasteiger partial charge in [-0.3, -0.25) is 4.79 Å². The molecule has 0 radical (unpaired) electrons. The van der Waals surface area contributed by atoms with Gasteiger partial charge in [-0.2, -0.15) is 0 Å². The lowest BCUT2D eigenvalue weighted by Crippen LogP contribution is -2.28. The molecule has 0 bridgehead atoms. The molecule has 0 aromatic rings. The standard InChI is InChI=1S/C5H9BrFNO/c1-4(9)8-3-5(7)2-6/h5H,2-3H2,1H3,(H,8,9). The number of rotatable bonds is 3.